The summed E-state index contributed by atoms with van der Waals surface area (Å²) in [7, 11) is 3.09. The molecule has 4 saturated carbocycles. The van der Waals surface area contributed by atoms with Crippen LogP contribution in [-0.2, 0) is 4.74 Å². The van der Waals surface area contributed by atoms with Crippen molar-refractivity contribution in [2.24, 2.45) is 17.8 Å². The van der Waals surface area contributed by atoms with Crippen LogP contribution in [0.1, 0.15) is 64.3 Å². The molecule has 0 aromatic heterocycles. The van der Waals surface area contributed by atoms with Gasteiger partial charge in [-0.3, -0.25) is 4.79 Å². The summed E-state index contributed by atoms with van der Waals surface area (Å²) in [5.41, 5.74) is 2.39. The fourth-order valence-electron chi connectivity index (χ4n) is 6.52. The average molecular weight is 562 g/mol. The predicted molar refractivity (Wildman–Crippen MR) is 134 cm³/mol. The van der Waals surface area contributed by atoms with Crippen LogP contribution >= 0.6 is 34.4 Å². The van der Waals surface area contributed by atoms with Crippen LogP contribution in [0.4, 0.5) is 0 Å². The van der Waals surface area contributed by atoms with Crippen molar-refractivity contribution < 1.29 is 19.1 Å². The lowest BCUT2D eigenvalue weighted by Crippen LogP contribution is -2.52. The van der Waals surface area contributed by atoms with E-state index in [1.807, 2.05) is 12.1 Å². The maximum atomic E-state index is 13.1. The van der Waals surface area contributed by atoms with Crippen molar-refractivity contribution in [3.63, 3.8) is 0 Å². The fourth-order valence-corrected chi connectivity index (χ4v) is 9.34. The van der Waals surface area contributed by atoms with Gasteiger partial charge in [-0.05, 0) is 110 Å². The van der Waals surface area contributed by atoms with Gasteiger partial charge in [-0.2, -0.15) is 0 Å². The number of carbonyl (C=O) groups excluding carboxylic acids is 2. The van der Waals surface area contributed by atoms with Gasteiger partial charge >= 0.3 is 5.97 Å². The topological polar surface area (TPSA) is 52.6 Å². The lowest BCUT2D eigenvalue weighted by atomic mass is 9.50. The van der Waals surface area contributed by atoms with Crippen molar-refractivity contribution in [3.05, 3.63) is 59.2 Å². The number of hydrogen-bond acceptors (Lipinski definition) is 5. The molecule has 0 N–H and O–H groups in total. The second-order valence-electron chi connectivity index (χ2n) is 9.48. The molecule has 4 fully saturated rings. The summed E-state index contributed by atoms with van der Waals surface area (Å²) in [6.07, 6.45) is 6.61. The van der Waals surface area contributed by atoms with E-state index in [0.29, 0.717) is 23.0 Å². The fraction of sp³-hybridized carbons (Fsp3) is 0.462. The molecular formula is C26H27IO4S. The number of alkyl halides is 1. The third-order valence-electron chi connectivity index (χ3n) is 7.51. The van der Waals surface area contributed by atoms with E-state index in [2.05, 4.69) is 28.7 Å². The predicted octanol–water partition coefficient (Wildman–Crippen LogP) is 6.51. The second kappa shape index (κ2) is 8.67. The van der Waals surface area contributed by atoms with E-state index >= 15 is 0 Å². The number of methoxy groups -OCH3 is 2. The highest BCUT2D eigenvalue weighted by Crippen LogP contribution is 2.66. The lowest BCUT2D eigenvalue weighted by molar-refractivity contribution is 0.0232. The molecule has 0 spiro atoms. The third kappa shape index (κ3) is 3.98. The molecule has 0 amide bonds. The first-order valence-corrected chi connectivity index (χ1v) is 13.1. The molecular weight excluding hydrogens is 535 g/mol. The Balaban J connectivity index is 1.41. The molecule has 4 aliphatic carbocycles. The van der Waals surface area contributed by atoms with Crippen LogP contribution in [0, 0.1) is 17.8 Å². The molecule has 4 bridgehead atoms. The van der Waals surface area contributed by atoms with Gasteiger partial charge in [0.25, 0.3) is 0 Å². The minimum absolute atomic E-state index is 0.00560. The first-order valence-electron chi connectivity index (χ1n) is 11.2. The zero-order valence-electron chi connectivity index (χ0n) is 18.3. The minimum Gasteiger partial charge on any atom is -0.496 e. The average Bonchev–Trinajstić information content (AvgIpc) is 2.77. The van der Waals surface area contributed by atoms with Gasteiger partial charge in [-0.25, -0.2) is 4.79 Å². The van der Waals surface area contributed by atoms with Gasteiger partial charge in [-0.15, -0.1) is 0 Å². The van der Waals surface area contributed by atoms with Crippen molar-refractivity contribution in [1.29, 1.82) is 0 Å². The summed E-state index contributed by atoms with van der Waals surface area (Å²) >= 11 is 3.93. The number of thioether (sulfide) groups is 1. The summed E-state index contributed by atoms with van der Waals surface area (Å²) < 4.78 is 10.8. The highest BCUT2D eigenvalue weighted by atomic mass is 127. The molecule has 6 rings (SSSR count). The summed E-state index contributed by atoms with van der Waals surface area (Å²) in [5, 5.41) is 0.00560. The Morgan fingerprint density at radius 3 is 2.22 bits per heavy atom. The van der Waals surface area contributed by atoms with Crippen LogP contribution in [0.5, 0.6) is 5.75 Å². The van der Waals surface area contributed by atoms with Crippen molar-refractivity contribution in [1.82, 2.24) is 0 Å². The Kier molecular flexibility index (Phi) is 6.03. The molecule has 0 aliphatic heterocycles. The van der Waals surface area contributed by atoms with Crippen LogP contribution in [0.2, 0.25) is 0 Å². The molecule has 3 atom stereocenters. The summed E-state index contributed by atoms with van der Waals surface area (Å²) in [4.78, 5) is 25.6. The van der Waals surface area contributed by atoms with Gasteiger partial charge in [0.05, 0.1) is 19.8 Å². The van der Waals surface area contributed by atoms with Crippen molar-refractivity contribution in [2.75, 3.05) is 14.2 Å². The Morgan fingerprint density at radius 2 is 1.62 bits per heavy atom. The maximum Gasteiger partial charge on any atom is 0.337 e. The van der Waals surface area contributed by atoms with Gasteiger partial charge in [0.15, 0.2) is 0 Å². The molecule has 4 nitrogen and oxygen atoms in total. The Labute approximate surface area is 207 Å². The maximum absolute atomic E-state index is 13.1. The van der Waals surface area contributed by atoms with Crippen LogP contribution in [0.15, 0.2) is 47.4 Å². The lowest BCUT2D eigenvalue weighted by Gasteiger charge is -2.59. The second-order valence-corrected chi connectivity index (χ2v) is 12.7. The van der Waals surface area contributed by atoms with Gasteiger partial charge in [0, 0.05) is 19.8 Å². The number of benzene rings is 2. The van der Waals surface area contributed by atoms with Crippen LogP contribution < -0.4 is 4.74 Å². The van der Waals surface area contributed by atoms with Gasteiger partial charge in [0.2, 0.25) is 5.12 Å². The van der Waals surface area contributed by atoms with Gasteiger partial charge in [0.1, 0.15) is 5.75 Å². The van der Waals surface area contributed by atoms with E-state index in [9.17, 15) is 9.59 Å². The zero-order chi connectivity index (χ0) is 22.5. The van der Waals surface area contributed by atoms with Crippen molar-refractivity contribution >= 4 is 45.4 Å². The van der Waals surface area contributed by atoms with Crippen molar-refractivity contribution in [3.8, 4) is 5.75 Å². The molecule has 0 radical (unpaired) electrons. The largest absolute Gasteiger partial charge is 0.496 e. The third-order valence-corrected chi connectivity index (χ3v) is 9.99. The standard InChI is InChI=1S/C26H27IO4S/c1-30-22-8-5-18(25(29)32-20-6-3-17(4-7-20)24(28)31-2)12-21(22)23-19-10-15-9-16(11-19)14-26(23,27)13-15/h3-8,12,15-16,19,23H,9-11,13-14H2,1-2H3. The van der Waals surface area contributed by atoms with E-state index in [1.165, 1.54) is 56.5 Å². The first kappa shape index (κ1) is 22.3. The molecule has 2 aromatic carbocycles. The Bertz CT molecular complexity index is 1040. The highest BCUT2D eigenvalue weighted by Gasteiger charge is 2.56. The number of esters is 1. The monoisotopic (exact) mass is 562 g/mol. The normalized spacial score (nSPS) is 30.2. The Morgan fingerprint density at radius 1 is 0.969 bits per heavy atom. The highest BCUT2D eigenvalue weighted by molar-refractivity contribution is 14.1. The molecule has 6 heteroatoms. The SMILES string of the molecule is COC(=O)c1ccc(SC(=O)c2ccc(OC)c(C3C4CC5CC(C4)CC3(I)C5)c2)cc1. The number of hydrogen-bond donors (Lipinski definition) is 0. The summed E-state index contributed by atoms with van der Waals surface area (Å²) in [5.74, 6) is 3.41. The van der Waals surface area contributed by atoms with E-state index < -0.39 is 0 Å². The zero-order valence-corrected chi connectivity index (χ0v) is 21.3. The van der Waals surface area contributed by atoms with E-state index in [4.69, 9.17) is 9.47 Å². The van der Waals surface area contributed by atoms with Gasteiger partial charge < -0.3 is 9.47 Å². The molecule has 3 unspecified atom stereocenters. The van der Waals surface area contributed by atoms with Crippen LogP contribution in [-0.4, -0.2) is 28.7 Å². The minimum atomic E-state index is -0.379. The van der Waals surface area contributed by atoms with Crippen LogP contribution in [0.3, 0.4) is 0 Å². The molecule has 2 aromatic rings. The summed E-state index contributed by atoms with van der Waals surface area (Å²) in [6.45, 7) is 0. The molecule has 168 valence electrons. The number of halogens is 1. The van der Waals surface area contributed by atoms with E-state index in [0.717, 1.165) is 22.5 Å². The summed E-state index contributed by atoms with van der Waals surface area (Å²) in [6, 6.07) is 12.9. The van der Waals surface area contributed by atoms with Crippen molar-refractivity contribution in [2.45, 2.75) is 46.3 Å². The smallest absolute Gasteiger partial charge is 0.337 e. The van der Waals surface area contributed by atoms with E-state index in [1.54, 1.807) is 31.4 Å². The molecule has 0 saturated heterocycles. The number of ether oxygens (including phenoxy) is 2. The van der Waals surface area contributed by atoms with E-state index in [-0.39, 0.29) is 14.5 Å². The molecule has 32 heavy (non-hydrogen) atoms. The Hall–Kier alpha value is -1.54. The molecule has 4 aliphatic rings. The van der Waals surface area contributed by atoms with Gasteiger partial charge in [-0.1, -0.05) is 22.6 Å². The van der Waals surface area contributed by atoms with Crippen LogP contribution in [0.25, 0.3) is 0 Å². The number of rotatable bonds is 5. The molecule has 0 heterocycles. The first-order chi connectivity index (χ1) is 15.4. The quantitative estimate of drug-likeness (QED) is 0.180. The number of carbonyl (C=O) groups is 2.